The van der Waals surface area contributed by atoms with E-state index in [4.69, 9.17) is 9.84 Å². The number of fused-ring (bicyclic) bond motifs is 1. The first-order chi connectivity index (χ1) is 10.5. The quantitative estimate of drug-likeness (QED) is 0.582. The van der Waals surface area contributed by atoms with Crippen molar-refractivity contribution in [2.45, 2.75) is 44.4 Å². The molecule has 0 saturated carbocycles. The Bertz CT molecular complexity index is 661. The molecule has 1 fully saturated rings. The molecule has 22 heavy (non-hydrogen) atoms. The first kappa shape index (κ1) is 15.1. The average Bonchev–Trinajstić information content (AvgIpc) is 3.02. The van der Waals surface area contributed by atoms with Crippen LogP contribution in [0.25, 0.3) is 11.2 Å². The molecule has 2 aromatic heterocycles. The van der Waals surface area contributed by atoms with Gasteiger partial charge >= 0.3 is 0 Å². The van der Waals surface area contributed by atoms with Gasteiger partial charge in [-0.05, 0) is 13.8 Å². The monoisotopic (exact) mass is 309 g/mol. The largest absolute Gasteiger partial charge is 0.394 e. The Morgan fingerprint density at radius 1 is 1.27 bits per heavy atom. The Morgan fingerprint density at radius 2 is 2.05 bits per heavy atom. The van der Waals surface area contributed by atoms with E-state index in [-0.39, 0.29) is 12.6 Å². The predicted molar refractivity (Wildman–Crippen MR) is 77.1 cm³/mol. The summed E-state index contributed by atoms with van der Waals surface area (Å²) < 4.78 is 7.03. The number of anilines is 1. The van der Waals surface area contributed by atoms with Crippen LogP contribution in [-0.2, 0) is 4.74 Å². The molecule has 3 heterocycles. The second-order valence-corrected chi connectivity index (χ2v) is 5.57. The van der Waals surface area contributed by atoms with Crippen molar-refractivity contribution in [1.29, 1.82) is 0 Å². The van der Waals surface area contributed by atoms with Gasteiger partial charge in [0.25, 0.3) is 0 Å². The van der Waals surface area contributed by atoms with Crippen molar-refractivity contribution in [2.24, 2.45) is 0 Å². The minimum absolute atomic E-state index is 0.178. The third-order valence-electron chi connectivity index (χ3n) is 3.58. The van der Waals surface area contributed by atoms with E-state index >= 15 is 0 Å². The fourth-order valence-corrected chi connectivity index (χ4v) is 2.53. The van der Waals surface area contributed by atoms with Gasteiger partial charge in [0, 0.05) is 6.04 Å². The number of ether oxygens (including phenoxy) is 1. The second-order valence-electron chi connectivity index (χ2n) is 5.57. The van der Waals surface area contributed by atoms with Crippen molar-refractivity contribution in [2.75, 3.05) is 11.9 Å². The average molecular weight is 309 g/mol. The molecule has 0 radical (unpaired) electrons. The maximum absolute atomic E-state index is 10.1. The third kappa shape index (κ3) is 2.41. The van der Waals surface area contributed by atoms with Gasteiger partial charge in [0.2, 0.25) is 0 Å². The molecule has 0 aliphatic carbocycles. The van der Waals surface area contributed by atoms with E-state index < -0.39 is 24.5 Å². The van der Waals surface area contributed by atoms with Crippen molar-refractivity contribution >= 4 is 17.0 Å². The van der Waals surface area contributed by atoms with Crippen LogP contribution in [0, 0.1) is 0 Å². The normalized spacial score (nSPS) is 28.6. The maximum Gasteiger partial charge on any atom is 0.167 e. The first-order valence-corrected chi connectivity index (χ1v) is 7.09. The van der Waals surface area contributed by atoms with E-state index in [9.17, 15) is 10.2 Å². The summed E-state index contributed by atoms with van der Waals surface area (Å²) in [5.74, 6) is 0.588. The summed E-state index contributed by atoms with van der Waals surface area (Å²) in [6, 6.07) is 0.178. The summed E-state index contributed by atoms with van der Waals surface area (Å²) in [5, 5.41) is 32.3. The summed E-state index contributed by atoms with van der Waals surface area (Å²) in [6.07, 6.45) is -1.17. The Hall–Kier alpha value is -1.81. The molecule has 9 heteroatoms. The first-order valence-electron chi connectivity index (χ1n) is 7.09. The van der Waals surface area contributed by atoms with Crippen LogP contribution in [0.5, 0.6) is 0 Å². The fourth-order valence-electron chi connectivity index (χ4n) is 2.53. The highest BCUT2D eigenvalue weighted by atomic mass is 16.6. The minimum atomic E-state index is -1.17. The lowest BCUT2D eigenvalue weighted by Gasteiger charge is -2.16. The molecule has 4 N–H and O–H groups in total. The molecule has 1 saturated heterocycles. The molecule has 4 atom stereocenters. The van der Waals surface area contributed by atoms with Gasteiger partial charge in [0.05, 0.1) is 12.9 Å². The minimum Gasteiger partial charge on any atom is -0.394 e. The molecule has 1 aliphatic heterocycles. The van der Waals surface area contributed by atoms with Crippen LogP contribution >= 0.6 is 0 Å². The number of nitrogens with zero attached hydrogens (tertiary/aromatic N) is 4. The zero-order valence-corrected chi connectivity index (χ0v) is 12.3. The van der Waals surface area contributed by atoms with E-state index in [0.717, 1.165) is 0 Å². The summed E-state index contributed by atoms with van der Waals surface area (Å²) in [4.78, 5) is 12.6. The Kier molecular flexibility index (Phi) is 3.96. The number of rotatable bonds is 4. The van der Waals surface area contributed by atoms with Crippen LogP contribution < -0.4 is 5.32 Å². The predicted octanol–water partition coefficient (Wildman–Crippen LogP) is -0.742. The summed E-state index contributed by atoms with van der Waals surface area (Å²) in [6.45, 7) is 3.59. The Labute approximate surface area is 126 Å². The molecule has 2 unspecified atom stereocenters. The lowest BCUT2D eigenvalue weighted by molar-refractivity contribution is -0.0511. The van der Waals surface area contributed by atoms with Gasteiger partial charge < -0.3 is 25.4 Å². The highest BCUT2D eigenvalue weighted by molar-refractivity contribution is 5.82. The molecular formula is C13H19N5O4. The van der Waals surface area contributed by atoms with E-state index in [1.165, 1.54) is 17.2 Å². The molecule has 120 valence electrons. The van der Waals surface area contributed by atoms with Crippen molar-refractivity contribution in [3.8, 4) is 0 Å². The molecule has 2 aromatic rings. The van der Waals surface area contributed by atoms with Gasteiger partial charge in [0.1, 0.15) is 24.6 Å². The zero-order chi connectivity index (χ0) is 15.9. The molecule has 1 aliphatic rings. The van der Waals surface area contributed by atoms with E-state index in [2.05, 4.69) is 20.3 Å². The molecular weight excluding hydrogens is 290 g/mol. The summed E-state index contributed by atoms with van der Waals surface area (Å²) in [5.41, 5.74) is 1.03. The van der Waals surface area contributed by atoms with Gasteiger partial charge in [-0.15, -0.1) is 0 Å². The molecule has 9 nitrogen and oxygen atoms in total. The summed E-state index contributed by atoms with van der Waals surface area (Å²) >= 11 is 0. The van der Waals surface area contributed by atoms with Crippen LogP contribution in [0.15, 0.2) is 12.7 Å². The highest BCUT2D eigenvalue weighted by Gasteiger charge is 2.44. The number of hydrogen-bond acceptors (Lipinski definition) is 8. The molecule has 0 aromatic carbocycles. The van der Waals surface area contributed by atoms with Crippen LogP contribution in [0.4, 0.5) is 5.82 Å². The number of aromatic nitrogens is 4. The standard InChI is InChI=1S/C13H19N5O4/c1-6(2)17-11-8-12(15-4-14-11)18(5-16-8)13-10(21)9(20)7(3-19)22-13/h4-7,9-10,13,19-21H,3H2,1-2H3,(H,14,15,17)/t7-,9?,10?,13-/m1/s1. The number of hydrogen-bond donors (Lipinski definition) is 4. The fraction of sp³-hybridized carbons (Fsp3) is 0.615. The Morgan fingerprint density at radius 3 is 2.68 bits per heavy atom. The van der Waals surface area contributed by atoms with Gasteiger partial charge in [-0.3, -0.25) is 4.57 Å². The van der Waals surface area contributed by atoms with Crippen LogP contribution in [0.2, 0.25) is 0 Å². The Balaban J connectivity index is 1.99. The number of imidazole rings is 1. The lowest BCUT2D eigenvalue weighted by Crippen LogP contribution is -2.33. The van der Waals surface area contributed by atoms with Crippen molar-refractivity contribution in [3.63, 3.8) is 0 Å². The van der Waals surface area contributed by atoms with Crippen LogP contribution in [-0.4, -0.2) is 65.8 Å². The maximum atomic E-state index is 10.1. The number of aliphatic hydroxyl groups is 3. The smallest absolute Gasteiger partial charge is 0.167 e. The van der Waals surface area contributed by atoms with E-state index in [0.29, 0.717) is 17.0 Å². The van der Waals surface area contributed by atoms with Gasteiger partial charge in [0.15, 0.2) is 23.2 Å². The van der Waals surface area contributed by atoms with Gasteiger partial charge in [-0.2, -0.15) is 0 Å². The van der Waals surface area contributed by atoms with Crippen LogP contribution in [0.3, 0.4) is 0 Å². The zero-order valence-electron chi connectivity index (χ0n) is 12.3. The van der Waals surface area contributed by atoms with Crippen molar-refractivity contribution in [1.82, 2.24) is 19.5 Å². The van der Waals surface area contributed by atoms with Gasteiger partial charge in [-0.1, -0.05) is 0 Å². The van der Waals surface area contributed by atoms with E-state index in [1.54, 1.807) is 0 Å². The highest BCUT2D eigenvalue weighted by Crippen LogP contribution is 2.32. The van der Waals surface area contributed by atoms with Crippen molar-refractivity contribution in [3.05, 3.63) is 12.7 Å². The number of nitrogens with one attached hydrogen (secondary N) is 1. The third-order valence-corrected chi connectivity index (χ3v) is 3.58. The van der Waals surface area contributed by atoms with E-state index in [1.807, 2.05) is 13.8 Å². The number of aliphatic hydroxyl groups excluding tert-OH is 3. The van der Waals surface area contributed by atoms with Crippen molar-refractivity contribution < 1.29 is 20.1 Å². The topological polar surface area (TPSA) is 126 Å². The SMILES string of the molecule is CC(C)Nc1ncnc2c1ncn2[C@@H]1O[C@H](CO)C(O)C1O. The molecule has 3 rings (SSSR count). The molecule has 0 bridgehead atoms. The second kappa shape index (κ2) is 5.76. The van der Waals surface area contributed by atoms with Crippen LogP contribution in [0.1, 0.15) is 20.1 Å². The molecule has 0 spiro atoms. The van der Waals surface area contributed by atoms with Gasteiger partial charge in [-0.25, -0.2) is 15.0 Å². The lowest BCUT2D eigenvalue weighted by atomic mass is 10.1. The molecule has 0 amide bonds. The summed E-state index contributed by atoms with van der Waals surface area (Å²) in [7, 11) is 0.